The van der Waals surface area contributed by atoms with E-state index in [-0.39, 0.29) is 17.1 Å². The first kappa shape index (κ1) is 15.2. The van der Waals surface area contributed by atoms with Gasteiger partial charge in [0, 0.05) is 0 Å². The molecular formula is C11H15N5O5S. The minimum Gasteiger partial charge on any atom is -0.394 e. The van der Waals surface area contributed by atoms with Crippen molar-refractivity contribution in [1.82, 2.24) is 19.5 Å². The van der Waals surface area contributed by atoms with E-state index in [0.29, 0.717) is 5.16 Å². The van der Waals surface area contributed by atoms with E-state index in [0.717, 1.165) is 0 Å². The number of anilines is 1. The number of hydrogen-bond donors (Lipinski definition) is 5. The summed E-state index contributed by atoms with van der Waals surface area (Å²) in [5.74, 6) is -0.0990. The molecule has 120 valence electrons. The van der Waals surface area contributed by atoms with Crippen LogP contribution in [0.1, 0.15) is 6.23 Å². The van der Waals surface area contributed by atoms with Crippen LogP contribution in [-0.4, -0.2) is 66.0 Å². The van der Waals surface area contributed by atoms with Gasteiger partial charge in [0.05, 0.1) is 6.61 Å². The van der Waals surface area contributed by atoms with E-state index in [4.69, 9.17) is 10.5 Å². The molecular weight excluding hydrogens is 314 g/mol. The van der Waals surface area contributed by atoms with Gasteiger partial charge in [0.15, 0.2) is 22.5 Å². The lowest BCUT2D eigenvalue weighted by Crippen LogP contribution is -2.33. The lowest BCUT2D eigenvalue weighted by molar-refractivity contribution is -0.0548. The predicted molar refractivity (Wildman–Crippen MR) is 77.4 cm³/mol. The van der Waals surface area contributed by atoms with Gasteiger partial charge in [-0.1, -0.05) is 11.8 Å². The van der Waals surface area contributed by atoms with Crippen LogP contribution in [0.4, 0.5) is 5.95 Å². The molecule has 0 aromatic carbocycles. The lowest BCUT2D eigenvalue weighted by atomic mass is 10.1. The molecule has 0 bridgehead atoms. The summed E-state index contributed by atoms with van der Waals surface area (Å²) in [5.41, 5.74) is 5.23. The number of H-pyrrole nitrogens is 1. The summed E-state index contributed by atoms with van der Waals surface area (Å²) in [4.78, 5) is 22.4. The number of imidazole rings is 1. The third kappa shape index (κ3) is 2.18. The van der Waals surface area contributed by atoms with Gasteiger partial charge in [-0.05, 0) is 6.26 Å². The number of nitrogens with zero attached hydrogens (tertiary/aromatic N) is 3. The van der Waals surface area contributed by atoms with Gasteiger partial charge in [0.1, 0.15) is 18.3 Å². The molecule has 3 rings (SSSR count). The molecule has 0 radical (unpaired) electrons. The van der Waals surface area contributed by atoms with E-state index >= 15 is 0 Å². The minimum absolute atomic E-state index is 0.0521. The molecule has 0 amide bonds. The fourth-order valence-corrected chi connectivity index (χ4v) is 3.02. The van der Waals surface area contributed by atoms with E-state index in [2.05, 4.69) is 15.0 Å². The summed E-state index contributed by atoms with van der Waals surface area (Å²) in [7, 11) is 0. The zero-order chi connectivity index (χ0) is 16.0. The second-order valence-electron chi connectivity index (χ2n) is 4.82. The molecule has 4 atom stereocenters. The van der Waals surface area contributed by atoms with Crippen LogP contribution >= 0.6 is 11.8 Å². The zero-order valence-corrected chi connectivity index (χ0v) is 12.3. The van der Waals surface area contributed by atoms with Gasteiger partial charge in [-0.3, -0.25) is 14.3 Å². The average molecular weight is 329 g/mol. The van der Waals surface area contributed by atoms with Crippen molar-refractivity contribution in [3.05, 3.63) is 10.4 Å². The van der Waals surface area contributed by atoms with Gasteiger partial charge in [-0.2, -0.15) is 4.98 Å². The van der Waals surface area contributed by atoms with Crippen molar-refractivity contribution < 1.29 is 20.1 Å². The second kappa shape index (κ2) is 5.52. The Hall–Kier alpha value is -1.66. The highest BCUT2D eigenvalue weighted by Crippen LogP contribution is 2.34. The molecule has 0 spiro atoms. The summed E-state index contributed by atoms with van der Waals surface area (Å²) in [6.07, 6.45) is -2.81. The van der Waals surface area contributed by atoms with Crippen molar-refractivity contribution >= 4 is 28.9 Å². The third-order valence-corrected chi connectivity index (χ3v) is 4.14. The Kier molecular flexibility index (Phi) is 3.82. The number of aromatic amines is 1. The molecule has 11 heteroatoms. The smallest absolute Gasteiger partial charge is 0.280 e. The summed E-state index contributed by atoms with van der Waals surface area (Å²) in [6, 6.07) is 0. The average Bonchev–Trinajstić information content (AvgIpc) is 2.98. The van der Waals surface area contributed by atoms with E-state index in [1.54, 1.807) is 6.26 Å². The number of aromatic nitrogens is 4. The molecule has 10 nitrogen and oxygen atoms in total. The zero-order valence-electron chi connectivity index (χ0n) is 11.5. The highest BCUT2D eigenvalue weighted by Gasteiger charge is 2.45. The van der Waals surface area contributed by atoms with Crippen LogP contribution in [0.25, 0.3) is 11.2 Å². The van der Waals surface area contributed by atoms with E-state index in [1.165, 1.54) is 16.3 Å². The van der Waals surface area contributed by atoms with Crippen molar-refractivity contribution in [3.8, 4) is 0 Å². The Morgan fingerprint density at radius 2 is 2.14 bits per heavy atom. The molecule has 3 heterocycles. The third-order valence-electron chi connectivity index (χ3n) is 3.49. The summed E-state index contributed by atoms with van der Waals surface area (Å²) >= 11 is 1.22. The lowest BCUT2D eigenvalue weighted by Gasteiger charge is -2.18. The van der Waals surface area contributed by atoms with Gasteiger partial charge in [0.2, 0.25) is 5.95 Å². The largest absolute Gasteiger partial charge is 0.394 e. The predicted octanol–water partition coefficient (Wildman–Crippen LogP) is -1.96. The summed E-state index contributed by atoms with van der Waals surface area (Å²) in [5, 5.41) is 29.6. The van der Waals surface area contributed by atoms with Crippen LogP contribution in [0.5, 0.6) is 0 Å². The van der Waals surface area contributed by atoms with Crippen LogP contribution in [-0.2, 0) is 4.74 Å². The molecule has 2 aromatic rings. The minimum atomic E-state index is -1.30. The van der Waals surface area contributed by atoms with Gasteiger partial charge in [0.25, 0.3) is 5.56 Å². The number of aliphatic hydroxyl groups is 3. The standard InChI is InChI=1S/C11H15N5O5S/c1-22-11-13-4-7(14-10(12)15-8(4)20)16(11)9-6(19)5(18)3(2-17)21-9/h3,5-6,9,17-19H,2H2,1H3,(H3,12,14,15,20). The molecule has 6 N–H and O–H groups in total. The first-order valence-electron chi connectivity index (χ1n) is 6.42. The number of nitrogens with one attached hydrogen (secondary N) is 1. The first-order chi connectivity index (χ1) is 10.5. The number of nitrogens with two attached hydrogens (primary N) is 1. The maximum absolute atomic E-state index is 11.9. The SMILES string of the molecule is CSc1nc2c(=O)[nH]c(N)nc2n1C1OC(CO)C(O)C1O. The fourth-order valence-electron chi connectivity index (χ4n) is 2.45. The molecule has 1 saturated heterocycles. The molecule has 2 aromatic heterocycles. The van der Waals surface area contributed by atoms with Crippen LogP contribution < -0.4 is 11.3 Å². The van der Waals surface area contributed by atoms with E-state index in [9.17, 15) is 20.1 Å². The quantitative estimate of drug-likeness (QED) is 0.403. The van der Waals surface area contributed by atoms with E-state index in [1.807, 2.05) is 0 Å². The summed E-state index contributed by atoms with van der Waals surface area (Å²) in [6.45, 7) is -0.452. The van der Waals surface area contributed by atoms with Crippen molar-refractivity contribution in [2.45, 2.75) is 29.7 Å². The van der Waals surface area contributed by atoms with Crippen LogP contribution in [0.15, 0.2) is 9.95 Å². The molecule has 0 aliphatic carbocycles. The number of ether oxygens (including phenoxy) is 1. The molecule has 1 fully saturated rings. The van der Waals surface area contributed by atoms with Crippen molar-refractivity contribution in [2.24, 2.45) is 0 Å². The van der Waals surface area contributed by atoms with Gasteiger partial charge in [-0.15, -0.1) is 0 Å². The van der Waals surface area contributed by atoms with Crippen LogP contribution in [0, 0.1) is 0 Å². The Morgan fingerprint density at radius 1 is 1.41 bits per heavy atom. The molecule has 1 aliphatic heterocycles. The van der Waals surface area contributed by atoms with Crippen LogP contribution in [0.2, 0.25) is 0 Å². The molecule has 4 unspecified atom stereocenters. The summed E-state index contributed by atoms with van der Waals surface area (Å²) < 4.78 is 6.87. The highest BCUT2D eigenvalue weighted by molar-refractivity contribution is 7.98. The monoisotopic (exact) mass is 329 g/mol. The van der Waals surface area contributed by atoms with Gasteiger partial charge in [-0.25, -0.2) is 4.98 Å². The first-order valence-corrected chi connectivity index (χ1v) is 7.64. The number of rotatable bonds is 3. The maximum atomic E-state index is 11.9. The van der Waals surface area contributed by atoms with Gasteiger partial charge < -0.3 is 25.8 Å². The van der Waals surface area contributed by atoms with E-state index < -0.39 is 36.7 Å². The van der Waals surface area contributed by atoms with Crippen molar-refractivity contribution in [1.29, 1.82) is 0 Å². The van der Waals surface area contributed by atoms with Crippen molar-refractivity contribution in [3.63, 3.8) is 0 Å². The number of aliphatic hydroxyl groups excluding tert-OH is 3. The van der Waals surface area contributed by atoms with Crippen LogP contribution in [0.3, 0.4) is 0 Å². The topological polar surface area (TPSA) is 160 Å². The Bertz CT molecular complexity index is 761. The Morgan fingerprint density at radius 3 is 2.73 bits per heavy atom. The Labute approximate surface area is 127 Å². The molecule has 1 aliphatic rings. The number of hydrogen-bond acceptors (Lipinski definition) is 9. The fraction of sp³-hybridized carbons (Fsp3) is 0.545. The number of thioether (sulfide) groups is 1. The number of fused-ring (bicyclic) bond motifs is 1. The van der Waals surface area contributed by atoms with Gasteiger partial charge >= 0.3 is 0 Å². The molecule has 0 saturated carbocycles. The Balaban J connectivity index is 2.20. The highest BCUT2D eigenvalue weighted by atomic mass is 32.2. The van der Waals surface area contributed by atoms with Crippen molar-refractivity contribution in [2.75, 3.05) is 18.6 Å². The molecule has 22 heavy (non-hydrogen) atoms. The maximum Gasteiger partial charge on any atom is 0.280 e. The second-order valence-corrected chi connectivity index (χ2v) is 5.59. The normalized spacial score (nSPS) is 28.5. The number of nitrogen functional groups attached to an aromatic ring is 1.